The lowest BCUT2D eigenvalue weighted by molar-refractivity contribution is -0.137. The summed E-state index contributed by atoms with van der Waals surface area (Å²) in [5.74, 6) is -0.371. The Hall–Kier alpha value is -2.17. The van der Waals surface area contributed by atoms with Crippen LogP contribution in [0.5, 0.6) is 11.5 Å². The number of benzene rings is 2. The SMILES string of the molecule is Oc1cccc(O)c1-c1ccc(C(F)(F)F)cc1. The van der Waals surface area contributed by atoms with Gasteiger partial charge in [-0.1, -0.05) is 18.2 Å². The van der Waals surface area contributed by atoms with E-state index < -0.39 is 11.7 Å². The molecule has 0 spiro atoms. The van der Waals surface area contributed by atoms with Crippen LogP contribution in [-0.2, 0) is 6.18 Å². The molecule has 0 aliphatic rings. The van der Waals surface area contributed by atoms with Crippen LogP contribution in [0.1, 0.15) is 5.56 Å². The normalized spacial score (nSPS) is 11.5. The van der Waals surface area contributed by atoms with Crippen LogP contribution in [0.2, 0.25) is 0 Å². The fourth-order valence-corrected chi connectivity index (χ4v) is 1.65. The van der Waals surface area contributed by atoms with E-state index >= 15 is 0 Å². The zero-order valence-corrected chi connectivity index (χ0v) is 9.07. The van der Waals surface area contributed by atoms with E-state index in [0.717, 1.165) is 12.1 Å². The van der Waals surface area contributed by atoms with Crippen LogP contribution in [0, 0.1) is 0 Å². The maximum absolute atomic E-state index is 12.4. The maximum atomic E-state index is 12.4. The fraction of sp³-hybridized carbons (Fsp3) is 0.0769. The molecule has 2 aromatic carbocycles. The summed E-state index contributed by atoms with van der Waals surface area (Å²) in [6.45, 7) is 0. The minimum atomic E-state index is -4.40. The van der Waals surface area contributed by atoms with Crippen molar-refractivity contribution in [2.24, 2.45) is 0 Å². The number of hydrogen-bond donors (Lipinski definition) is 2. The summed E-state index contributed by atoms with van der Waals surface area (Å²) in [6, 6.07) is 8.37. The molecule has 5 heteroatoms. The molecule has 0 atom stereocenters. The van der Waals surface area contributed by atoms with Crippen LogP contribution in [0.3, 0.4) is 0 Å². The number of halogens is 3. The van der Waals surface area contributed by atoms with Crippen LogP contribution < -0.4 is 0 Å². The Balaban J connectivity index is 2.47. The van der Waals surface area contributed by atoms with Crippen molar-refractivity contribution in [1.82, 2.24) is 0 Å². The van der Waals surface area contributed by atoms with Crippen LogP contribution in [-0.4, -0.2) is 10.2 Å². The minimum Gasteiger partial charge on any atom is -0.507 e. The highest BCUT2D eigenvalue weighted by Gasteiger charge is 2.30. The third-order valence-electron chi connectivity index (χ3n) is 2.52. The van der Waals surface area contributed by atoms with E-state index in [1.165, 1.54) is 30.3 Å². The van der Waals surface area contributed by atoms with E-state index in [2.05, 4.69) is 0 Å². The van der Waals surface area contributed by atoms with Gasteiger partial charge in [0.05, 0.1) is 11.1 Å². The first-order valence-electron chi connectivity index (χ1n) is 5.08. The molecule has 0 aliphatic carbocycles. The summed E-state index contributed by atoms with van der Waals surface area (Å²) in [5, 5.41) is 19.2. The Labute approximate surface area is 101 Å². The van der Waals surface area contributed by atoms with E-state index in [9.17, 15) is 23.4 Å². The van der Waals surface area contributed by atoms with Gasteiger partial charge in [0.15, 0.2) is 0 Å². The summed E-state index contributed by atoms with van der Waals surface area (Å²) in [5.41, 5.74) is -0.342. The van der Waals surface area contributed by atoms with Gasteiger partial charge in [0.25, 0.3) is 0 Å². The molecule has 2 nitrogen and oxygen atoms in total. The third kappa shape index (κ3) is 2.25. The average Bonchev–Trinajstić information content (AvgIpc) is 2.28. The zero-order chi connectivity index (χ0) is 13.3. The highest BCUT2D eigenvalue weighted by Crippen LogP contribution is 2.38. The van der Waals surface area contributed by atoms with Crippen molar-refractivity contribution in [2.75, 3.05) is 0 Å². The van der Waals surface area contributed by atoms with E-state index in [-0.39, 0.29) is 17.1 Å². The number of phenols is 2. The Morgan fingerprint density at radius 1 is 0.778 bits per heavy atom. The smallest absolute Gasteiger partial charge is 0.416 e. The molecule has 94 valence electrons. The topological polar surface area (TPSA) is 40.5 Å². The largest absolute Gasteiger partial charge is 0.507 e. The molecule has 0 aliphatic heterocycles. The van der Waals surface area contributed by atoms with E-state index in [0.29, 0.717) is 5.56 Å². The highest BCUT2D eigenvalue weighted by molar-refractivity contribution is 5.76. The van der Waals surface area contributed by atoms with Gasteiger partial charge in [0.2, 0.25) is 0 Å². The first-order chi connectivity index (χ1) is 8.39. The van der Waals surface area contributed by atoms with Crippen LogP contribution in [0.25, 0.3) is 11.1 Å². The molecule has 0 amide bonds. The van der Waals surface area contributed by atoms with Gasteiger partial charge < -0.3 is 10.2 Å². The van der Waals surface area contributed by atoms with Gasteiger partial charge in [-0.15, -0.1) is 0 Å². The summed E-state index contributed by atoms with van der Waals surface area (Å²) >= 11 is 0. The van der Waals surface area contributed by atoms with Crippen molar-refractivity contribution in [3.05, 3.63) is 48.0 Å². The first-order valence-corrected chi connectivity index (χ1v) is 5.08. The summed E-state index contributed by atoms with van der Waals surface area (Å²) < 4.78 is 37.1. The predicted octanol–water partition coefficient (Wildman–Crippen LogP) is 3.78. The van der Waals surface area contributed by atoms with Gasteiger partial charge in [-0.3, -0.25) is 0 Å². The zero-order valence-electron chi connectivity index (χ0n) is 9.07. The molecule has 0 fully saturated rings. The molecule has 0 heterocycles. The molecule has 18 heavy (non-hydrogen) atoms. The number of aromatic hydroxyl groups is 2. The predicted molar refractivity (Wildman–Crippen MR) is 60.2 cm³/mol. The molecule has 0 saturated heterocycles. The van der Waals surface area contributed by atoms with Crippen LogP contribution in [0.15, 0.2) is 42.5 Å². The van der Waals surface area contributed by atoms with Crippen molar-refractivity contribution in [2.45, 2.75) is 6.18 Å². The molecule has 0 aromatic heterocycles. The van der Waals surface area contributed by atoms with Crippen molar-refractivity contribution in [3.63, 3.8) is 0 Å². The lowest BCUT2D eigenvalue weighted by Crippen LogP contribution is -2.03. The number of phenolic OH excluding ortho intramolecular Hbond substituents is 2. The maximum Gasteiger partial charge on any atom is 0.416 e. The Bertz CT molecular complexity index is 539. The van der Waals surface area contributed by atoms with Gasteiger partial charge in [0.1, 0.15) is 11.5 Å². The van der Waals surface area contributed by atoms with Gasteiger partial charge in [-0.05, 0) is 29.8 Å². The second-order valence-electron chi connectivity index (χ2n) is 3.75. The molecule has 2 rings (SSSR count). The molecule has 0 bridgehead atoms. The molecular formula is C13H9F3O2. The highest BCUT2D eigenvalue weighted by atomic mass is 19.4. The second-order valence-corrected chi connectivity index (χ2v) is 3.75. The molecular weight excluding hydrogens is 245 g/mol. The number of alkyl halides is 3. The number of rotatable bonds is 1. The average molecular weight is 254 g/mol. The Morgan fingerprint density at radius 2 is 1.28 bits per heavy atom. The van der Waals surface area contributed by atoms with Crippen LogP contribution >= 0.6 is 0 Å². The lowest BCUT2D eigenvalue weighted by atomic mass is 10.0. The molecule has 0 unspecified atom stereocenters. The molecule has 2 aromatic rings. The van der Waals surface area contributed by atoms with Gasteiger partial charge in [0, 0.05) is 0 Å². The quantitative estimate of drug-likeness (QED) is 0.812. The Kier molecular flexibility index (Phi) is 2.90. The van der Waals surface area contributed by atoms with Gasteiger partial charge >= 0.3 is 6.18 Å². The standard InChI is InChI=1S/C13H9F3O2/c14-13(15,16)9-6-4-8(5-7-9)12-10(17)2-1-3-11(12)18/h1-7,17-18H. The van der Waals surface area contributed by atoms with Gasteiger partial charge in [-0.25, -0.2) is 0 Å². The molecule has 0 saturated carbocycles. The first kappa shape index (κ1) is 12.3. The van der Waals surface area contributed by atoms with E-state index in [4.69, 9.17) is 0 Å². The van der Waals surface area contributed by atoms with E-state index in [1.807, 2.05) is 0 Å². The Morgan fingerprint density at radius 3 is 1.72 bits per heavy atom. The monoisotopic (exact) mass is 254 g/mol. The van der Waals surface area contributed by atoms with Crippen molar-refractivity contribution < 1.29 is 23.4 Å². The summed E-state index contributed by atoms with van der Waals surface area (Å²) in [7, 11) is 0. The second kappa shape index (κ2) is 4.25. The molecule has 2 N–H and O–H groups in total. The lowest BCUT2D eigenvalue weighted by Gasteiger charge is -2.10. The van der Waals surface area contributed by atoms with Crippen LogP contribution in [0.4, 0.5) is 13.2 Å². The third-order valence-corrected chi connectivity index (χ3v) is 2.52. The molecule has 0 radical (unpaired) electrons. The van der Waals surface area contributed by atoms with Crippen molar-refractivity contribution in [1.29, 1.82) is 0 Å². The fourth-order valence-electron chi connectivity index (χ4n) is 1.65. The summed E-state index contributed by atoms with van der Waals surface area (Å²) in [4.78, 5) is 0. The number of hydrogen-bond acceptors (Lipinski definition) is 2. The minimum absolute atomic E-state index is 0.117. The van der Waals surface area contributed by atoms with E-state index in [1.54, 1.807) is 0 Å². The summed E-state index contributed by atoms with van der Waals surface area (Å²) in [6.07, 6.45) is -4.40. The van der Waals surface area contributed by atoms with Crippen molar-refractivity contribution >= 4 is 0 Å². The van der Waals surface area contributed by atoms with Crippen molar-refractivity contribution in [3.8, 4) is 22.6 Å². The van der Waals surface area contributed by atoms with Gasteiger partial charge in [-0.2, -0.15) is 13.2 Å².